The number of hydrogen-bond acceptors (Lipinski definition) is 3. The van der Waals surface area contributed by atoms with Crippen LogP contribution in [0.2, 0.25) is 0 Å². The molecule has 4 heteroatoms. The maximum atomic E-state index is 10.7. The second kappa shape index (κ2) is 6.12. The third-order valence-corrected chi connectivity index (χ3v) is 1.20. The Labute approximate surface area is 67.1 Å². The number of nitrogens with two attached hydrogens (primary N) is 1. The molecule has 11 heavy (non-hydrogen) atoms. The number of rotatable bonds is 5. The summed E-state index contributed by atoms with van der Waals surface area (Å²) >= 11 is 0. The first kappa shape index (κ1) is 10.4. The van der Waals surface area contributed by atoms with Crippen molar-refractivity contribution in [3.05, 3.63) is 0 Å². The van der Waals surface area contributed by atoms with Gasteiger partial charge in [-0.1, -0.05) is 0 Å². The molecule has 0 bridgehead atoms. The zero-order chi connectivity index (χ0) is 8.69. The Morgan fingerprint density at radius 2 is 2.36 bits per heavy atom. The van der Waals surface area contributed by atoms with E-state index in [1.54, 1.807) is 0 Å². The van der Waals surface area contributed by atoms with Crippen LogP contribution in [0.4, 0.5) is 0 Å². The second-order valence-corrected chi connectivity index (χ2v) is 2.55. The number of hydrogen-bond donors (Lipinski definition) is 2. The van der Waals surface area contributed by atoms with Gasteiger partial charge in [-0.15, -0.1) is 0 Å². The van der Waals surface area contributed by atoms with E-state index in [1.807, 2.05) is 6.92 Å². The van der Waals surface area contributed by atoms with Gasteiger partial charge in [0.25, 0.3) is 0 Å². The highest BCUT2D eigenvalue weighted by Crippen LogP contribution is 1.82. The highest BCUT2D eigenvalue weighted by atomic mass is 16.5. The van der Waals surface area contributed by atoms with Gasteiger partial charge in [0.2, 0.25) is 5.91 Å². The molecule has 0 aliphatic carbocycles. The molecule has 1 amide bonds. The lowest BCUT2D eigenvalue weighted by Gasteiger charge is -2.05. The third kappa shape index (κ3) is 7.29. The number of methoxy groups -OCH3 is 1. The van der Waals surface area contributed by atoms with E-state index in [0.717, 1.165) is 6.42 Å². The summed E-state index contributed by atoms with van der Waals surface area (Å²) in [6.45, 7) is 2.65. The Bertz CT molecular complexity index is 115. The van der Waals surface area contributed by atoms with E-state index >= 15 is 0 Å². The molecule has 0 spiro atoms. The van der Waals surface area contributed by atoms with Crippen LogP contribution < -0.4 is 11.1 Å². The average molecular weight is 160 g/mol. The smallest absolute Gasteiger partial charge is 0.245 e. The lowest BCUT2D eigenvalue weighted by Crippen LogP contribution is -2.31. The fraction of sp³-hybridized carbons (Fsp3) is 0.857. The highest BCUT2D eigenvalue weighted by molar-refractivity contribution is 5.77. The molecule has 0 aromatic heterocycles. The van der Waals surface area contributed by atoms with Crippen molar-refractivity contribution in [3.8, 4) is 0 Å². The van der Waals surface area contributed by atoms with Gasteiger partial charge in [-0.05, 0) is 13.3 Å². The molecular weight excluding hydrogens is 144 g/mol. The standard InChI is InChI=1S/C7H16N2O2/c1-6(8)3-4-9-7(10)5-11-2/h6H,3-5,8H2,1-2H3,(H,9,10). The Morgan fingerprint density at radius 1 is 1.73 bits per heavy atom. The Kier molecular flexibility index (Phi) is 5.78. The van der Waals surface area contributed by atoms with Crippen molar-refractivity contribution in [1.82, 2.24) is 5.32 Å². The molecule has 0 fully saturated rings. The van der Waals surface area contributed by atoms with E-state index < -0.39 is 0 Å². The monoisotopic (exact) mass is 160 g/mol. The summed E-state index contributed by atoms with van der Waals surface area (Å²) in [5.41, 5.74) is 5.47. The summed E-state index contributed by atoms with van der Waals surface area (Å²) < 4.78 is 4.62. The summed E-state index contributed by atoms with van der Waals surface area (Å²) in [6, 6.07) is 0.137. The van der Waals surface area contributed by atoms with Gasteiger partial charge < -0.3 is 15.8 Å². The van der Waals surface area contributed by atoms with Gasteiger partial charge >= 0.3 is 0 Å². The van der Waals surface area contributed by atoms with Crippen molar-refractivity contribution in [2.75, 3.05) is 20.3 Å². The van der Waals surface area contributed by atoms with Gasteiger partial charge in [0.05, 0.1) is 0 Å². The molecule has 0 saturated heterocycles. The summed E-state index contributed by atoms with van der Waals surface area (Å²) in [7, 11) is 1.49. The predicted molar refractivity (Wildman–Crippen MR) is 43.2 cm³/mol. The Morgan fingerprint density at radius 3 is 2.82 bits per heavy atom. The molecule has 1 unspecified atom stereocenters. The van der Waals surface area contributed by atoms with Crippen LogP contribution in [0, 0.1) is 0 Å². The summed E-state index contributed by atoms with van der Waals surface area (Å²) in [4.78, 5) is 10.7. The van der Waals surface area contributed by atoms with Crippen molar-refractivity contribution >= 4 is 5.91 Å². The quantitative estimate of drug-likeness (QED) is 0.569. The van der Waals surface area contributed by atoms with Crippen LogP contribution in [0.5, 0.6) is 0 Å². The molecule has 66 valence electrons. The maximum Gasteiger partial charge on any atom is 0.245 e. The molecule has 4 nitrogen and oxygen atoms in total. The zero-order valence-electron chi connectivity index (χ0n) is 7.09. The minimum Gasteiger partial charge on any atom is -0.375 e. The van der Waals surface area contributed by atoms with E-state index in [9.17, 15) is 4.79 Å². The highest BCUT2D eigenvalue weighted by Gasteiger charge is 1.98. The topological polar surface area (TPSA) is 64.3 Å². The van der Waals surface area contributed by atoms with Gasteiger partial charge in [0.1, 0.15) is 6.61 Å². The minimum atomic E-state index is -0.0897. The SMILES string of the molecule is COCC(=O)NCCC(C)N. The van der Waals surface area contributed by atoms with E-state index in [1.165, 1.54) is 7.11 Å². The van der Waals surface area contributed by atoms with Crippen molar-refractivity contribution in [2.24, 2.45) is 5.73 Å². The van der Waals surface area contributed by atoms with Gasteiger partial charge in [0, 0.05) is 19.7 Å². The number of carbonyl (C=O) groups is 1. The number of carbonyl (C=O) groups excluding carboxylic acids is 1. The summed E-state index contributed by atoms with van der Waals surface area (Å²) in [6.07, 6.45) is 0.801. The predicted octanol–water partition coefficient (Wildman–Crippen LogP) is -0.514. The summed E-state index contributed by atoms with van der Waals surface area (Å²) in [5.74, 6) is -0.0897. The van der Waals surface area contributed by atoms with E-state index in [0.29, 0.717) is 6.54 Å². The number of ether oxygens (including phenoxy) is 1. The molecule has 0 aromatic carbocycles. The number of nitrogens with one attached hydrogen (secondary N) is 1. The first-order valence-corrected chi connectivity index (χ1v) is 3.68. The van der Waals surface area contributed by atoms with E-state index in [4.69, 9.17) is 5.73 Å². The Hall–Kier alpha value is -0.610. The van der Waals surface area contributed by atoms with E-state index in [2.05, 4.69) is 10.1 Å². The second-order valence-electron chi connectivity index (χ2n) is 2.55. The fourth-order valence-electron chi connectivity index (χ4n) is 0.621. The first-order valence-electron chi connectivity index (χ1n) is 3.68. The van der Waals surface area contributed by atoms with Crippen molar-refractivity contribution in [3.63, 3.8) is 0 Å². The van der Waals surface area contributed by atoms with Crippen LogP contribution in [0.1, 0.15) is 13.3 Å². The molecule has 0 aromatic rings. The van der Waals surface area contributed by atoms with Crippen molar-refractivity contribution < 1.29 is 9.53 Å². The van der Waals surface area contributed by atoms with Gasteiger partial charge in [-0.3, -0.25) is 4.79 Å². The van der Waals surface area contributed by atoms with Gasteiger partial charge in [-0.2, -0.15) is 0 Å². The van der Waals surface area contributed by atoms with E-state index in [-0.39, 0.29) is 18.6 Å². The molecule has 0 aliphatic heterocycles. The van der Waals surface area contributed by atoms with Crippen LogP contribution in [0.15, 0.2) is 0 Å². The maximum absolute atomic E-state index is 10.7. The van der Waals surface area contributed by atoms with Crippen LogP contribution in [0.3, 0.4) is 0 Å². The van der Waals surface area contributed by atoms with Crippen molar-refractivity contribution in [1.29, 1.82) is 0 Å². The molecule has 0 saturated carbocycles. The molecule has 3 N–H and O–H groups in total. The lowest BCUT2D eigenvalue weighted by molar-refractivity contribution is -0.124. The molecular formula is C7H16N2O2. The van der Waals surface area contributed by atoms with Crippen LogP contribution in [-0.4, -0.2) is 32.2 Å². The molecule has 0 heterocycles. The fourth-order valence-corrected chi connectivity index (χ4v) is 0.621. The van der Waals surface area contributed by atoms with Crippen molar-refractivity contribution in [2.45, 2.75) is 19.4 Å². The Balaban J connectivity index is 3.17. The normalized spacial score (nSPS) is 12.6. The first-order chi connectivity index (χ1) is 5.16. The third-order valence-electron chi connectivity index (χ3n) is 1.20. The van der Waals surface area contributed by atoms with Crippen LogP contribution in [0.25, 0.3) is 0 Å². The average Bonchev–Trinajstić information content (AvgIpc) is 1.87. The molecule has 0 radical (unpaired) electrons. The van der Waals surface area contributed by atoms with Gasteiger partial charge in [-0.25, -0.2) is 0 Å². The number of amides is 1. The van der Waals surface area contributed by atoms with Crippen LogP contribution in [-0.2, 0) is 9.53 Å². The minimum absolute atomic E-state index is 0.0897. The molecule has 1 atom stereocenters. The largest absolute Gasteiger partial charge is 0.375 e. The summed E-state index contributed by atoms with van der Waals surface area (Å²) in [5, 5.41) is 2.67. The molecule has 0 aliphatic rings. The van der Waals surface area contributed by atoms with Crippen LogP contribution >= 0.6 is 0 Å². The molecule has 0 rings (SSSR count). The lowest BCUT2D eigenvalue weighted by atomic mass is 10.2. The zero-order valence-corrected chi connectivity index (χ0v) is 7.09. The van der Waals surface area contributed by atoms with Gasteiger partial charge in [0.15, 0.2) is 0 Å².